The minimum Gasteiger partial charge on any atom is -0.306 e. The van der Waals surface area contributed by atoms with Gasteiger partial charge in [-0.1, -0.05) is 12.8 Å². The molecule has 1 aliphatic rings. The number of rotatable bonds is 2. The number of amides is 1. The monoisotopic (exact) mass is 157 g/mol. The first-order chi connectivity index (χ1) is 5.25. The van der Waals surface area contributed by atoms with Crippen LogP contribution in [0.4, 0.5) is 0 Å². The predicted molar refractivity (Wildman–Crippen MR) is 42.6 cm³/mol. The van der Waals surface area contributed by atoms with Crippen molar-refractivity contribution in [2.24, 2.45) is 5.84 Å². The van der Waals surface area contributed by atoms with Crippen molar-refractivity contribution in [2.75, 3.05) is 7.05 Å². The second-order valence-corrected chi connectivity index (χ2v) is 3.01. The lowest BCUT2D eigenvalue weighted by atomic mass is 9.97. The Kier molecular flexibility index (Phi) is 2.46. The van der Waals surface area contributed by atoms with E-state index in [4.69, 9.17) is 5.84 Å². The van der Waals surface area contributed by atoms with E-state index in [0.29, 0.717) is 0 Å². The Balaban J connectivity index is 2.66. The summed E-state index contributed by atoms with van der Waals surface area (Å²) >= 11 is 0. The molecule has 1 aliphatic carbocycles. The highest BCUT2D eigenvalue weighted by atomic mass is 16.2. The molecule has 0 radical (unpaired) electrons. The Morgan fingerprint density at radius 2 is 2.00 bits per heavy atom. The van der Waals surface area contributed by atoms with Gasteiger partial charge in [0.25, 0.3) is 5.91 Å². The maximum Gasteiger partial charge on any atom is 0.254 e. The van der Waals surface area contributed by atoms with Crippen molar-refractivity contribution in [1.29, 1.82) is 0 Å². The van der Waals surface area contributed by atoms with Crippen LogP contribution < -0.4 is 16.6 Å². The van der Waals surface area contributed by atoms with Crippen LogP contribution >= 0.6 is 0 Å². The number of hydrogen-bond acceptors (Lipinski definition) is 3. The van der Waals surface area contributed by atoms with E-state index >= 15 is 0 Å². The molecule has 4 N–H and O–H groups in total. The number of carbonyl (C=O) groups is 1. The molecule has 0 saturated heterocycles. The first-order valence-electron chi connectivity index (χ1n) is 3.95. The van der Waals surface area contributed by atoms with Gasteiger partial charge < -0.3 is 5.32 Å². The van der Waals surface area contributed by atoms with Gasteiger partial charge in [0, 0.05) is 0 Å². The summed E-state index contributed by atoms with van der Waals surface area (Å²) < 4.78 is 0. The van der Waals surface area contributed by atoms with E-state index < -0.39 is 0 Å². The van der Waals surface area contributed by atoms with Crippen molar-refractivity contribution < 1.29 is 4.79 Å². The average molecular weight is 157 g/mol. The summed E-state index contributed by atoms with van der Waals surface area (Å²) in [4.78, 5) is 11.3. The number of nitrogens with one attached hydrogen (secondary N) is 2. The fourth-order valence-corrected chi connectivity index (χ4v) is 1.71. The molecule has 0 unspecified atom stereocenters. The fraction of sp³-hybridized carbons (Fsp3) is 0.857. The lowest BCUT2D eigenvalue weighted by molar-refractivity contribution is -0.127. The summed E-state index contributed by atoms with van der Waals surface area (Å²) in [6.07, 6.45) is 4.00. The third-order valence-electron chi connectivity index (χ3n) is 2.50. The maximum atomic E-state index is 11.3. The minimum absolute atomic E-state index is 0.0856. The highest BCUT2D eigenvalue weighted by molar-refractivity contribution is 5.86. The Morgan fingerprint density at radius 3 is 2.36 bits per heavy atom. The summed E-state index contributed by atoms with van der Waals surface area (Å²) in [5.74, 6) is 4.99. The molecule has 1 rings (SSSR count). The van der Waals surface area contributed by atoms with E-state index in [-0.39, 0.29) is 11.4 Å². The summed E-state index contributed by atoms with van der Waals surface area (Å²) in [7, 11) is 1.81. The largest absolute Gasteiger partial charge is 0.306 e. The third kappa shape index (κ3) is 1.36. The first kappa shape index (κ1) is 8.49. The van der Waals surface area contributed by atoms with Gasteiger partial charge in [-0.25, -0.2) is 5.84 Å². The quantitative estimate of drug-likeness (QED) is 0.288. The second kappa shape index (κ2) is 3.19. The Hall–Kier alpha value is -0.610. The van der Waals surface area contributed by atoms with Crippen molar-refractivity contribution in [3.05, 3.63) is 0 Å². The van der Waals surface area contributed by atoms with Crippen molar-refractivity contribution >= 4 is 5.91 Å². The van der Waals surface area contributed by atoms with Crippen molar-refractivity contribution in [3.63, 3.8) is 0 Å². The first-order valence-corrected chi connectivity index (χ1v) is 3.95. The molecular formula is C7H15N3O. The Labute approximate surface area is 66.5 Å². The zero-order valence-electron chi connectivity index (χ0n) is 6.81. The molecule has 1 fully saturated rings. The number of nitrogens with two attached hydrogens (primary N) is 1. The molecule has 0 aromatic heterocycles. The highest BCUT2D eigenvalue weighted by Gasteiger charge is 2.38. The normalized spacial score (nSPS) is 21.6. The van der Waals surface area contributed by atoms with Gasteiger partial charge in [-0.2, -0.15) is 0 Å². The van der Waals surface area contributed by atoms with E-state index in [9.17, 15) is 4.79 Å². The van der Waals surface area contributed by atoms with Crippen LogP contribution in [0.3, 0.4) is 0 Å². The summed E-state index contributed by atoms with van der Waals surface area (Å²) in [5.41, 5.74) is 1.82. The standard InChI is InChI=1S/C7H15N3O/c1-9-7(6(11)10-8)4-2-3-5-7/h9H,2-5,8H2,1H3,(H,10,11). The van der Waals surface area contributed by atoms with Gasteiger partial charge in [0.15, 0.2) is 0 Å². The molecule has 1 saturated carbocycles. The zero-order valence-corrected chi connectivity index (χ0v) is 6.81. The Bertz CT molecular complexity index is 152. The minimum atomic E-state index is -0.380. The average Bonchev–Trinajstić information content (AvgIpc) is 2.52. The molecule has 0 atom stereocenters. The van der Waals surface area contributed by atoms with E-state index in [2.05, 4.69) is 10.7 Å². The molecule has 0 aliphatic heterocycles. The molecule has 1 amide bonds. The zero-order chi connectivity index (χ0) is 8.32. The molecule has 11 heavy (non-hydrogen) atoms. The highest BCUT2D eigenvalue weighted by Crippen LogP contribution is 2.28. The van der Waals surface area contributed by atoms with Gasteiger partial charge in [-0.15, -0.1) is 0 Å². The molecule has 0 aromatic rings. The van der Waals surface area contributed by atoms with Crippen LogP contribution in [-0.4, -0.2) is 18.5 Å². The fourth-order valence-electron chi connectivity index (χ4n) is 1.71. The van der Waals surface area contributed by atoms with E-state index in [1.165, 1.54) is 0 Å². The third-order valence-corrected chi connectivity index (χ3v) is 2.50. The maximum absolute atomic E-state index is 11.3. The van der Waals surface area contributed by atoms with E-state index in [1.54, 1.807) is 7.05 Å². The number of carbonyl (C=O) groups excluding carboxylic acids is 1. The molecule has 4 heteroatoms. The Morgan fingerprint density at radius 1 is 1.45 bits per heavy atom. The van der Waals surface area contributed by atoms with Gasteiger partial charge in [0.1, 0.15) is 0 Å². The van der Waals surface area contributed by atoms with Gasteiger partial charge in [-0.3, -0.25) is 10.2 Å². The summed E-state index contributed by atoms with van der Waals surface area (Å²) in [5, 5.41) is 3.04. The van der Waals surface area contributed by atoms with Crippen LogP contribution in [0.15, 0.2) is 0 Å². The SMILES string of the molecule is CNC1(C(=O)NN)CCCC1. The van der Waals surface area contributed by atoms with Crippen molar-refractivity contribution in [3.8, 4) is 0 Å². The molecule has 0 aromatic carbocycles. The van der Waals surface area contributed by atoms with Crippen LogP contribution in [0.2, 0.25) is 0 Å². The molecule has 4 nitrogen and oxygen atoms in total. The molecular weight excluding hydrogens is 142 g/mol. The molecule has 64 valence electrons. The lowest BCUT2D eigenvalue weighted by Crippen LogP contribution is -2.55. The van der Waals surface area contributed by atoms with Crippen LogP contribution in [0.5, 0.6) is 0 Å². The summed E-state index contributed by atoms with van der Waals surface area (Å²) in [6.45, 7) is 0. The number of hydrogen-bond donors (Lipinski definition) is 3. The van der Waals surface area contributed by atoms with Crippen molar-refractivity contribution in [1.82, 2.24) is 10.7 Å². The van der Waals surface area contributed by atoms with Gasteiger partial charge >= 0.3 is 0 Å². The number of hydrazine groups is 1. The van der Waals surface area contributed by atoms with E-state index in [1.807, 2.05) is 0 Å². The van der Waals surface area contributed by atoms with Gasteiger partial charge in [-0.05, 0) is 19.9 Å². The predicted octanol–water partition coefficient (Wildman–Crippen LogP) is -0.492. The smallest absolute Gasteiger partial charge is 0.254 e. The number of likely N-dealkylation sites (N-methyl/N-ethyl adjacent to an activating group) is 1. The van der Waals surface area contributed by atoms with Crippen LogP contribution in [0.1, 0.15) is 25.7 Å². The molecule has 0 bridgehead atoms. The van der Waals surface area contributed by atoms with Crippen molar-refractivity contribution in [2.45, 2.75) is 31.2 Å². The molecule has 0 heterocycles. The topological polar surface area (TPSA) is 67.2 Å². The van der Waals surface area contributed by atoms with Crippen LogP contribution in [0.25, 0.3) is 0 Å². The van der Waals surface area contributed by atoms with E-state index in [0.717, 1.165) is 25.7 Å². The summed E-state index contributed by atoms with van der Waals surface area (Å²) in [6, 6.07) is 0. The van der Waals surface area contributed by atoms with Crippen LogP contribution in [0, 0.1) is 0 Å². The molecule has 0 spiro atoms. The lowest BCUT2D eigenvalue weighted by Gasteiger charge is -2.25. The van der Waals surface area contributed by atoms with Gasteiger partial charge in [0.2, 0.25) is 0 Å². The second-order valence-electron chi connectivity index (χ2n) is 3.01. The van der Waals surface area contributed by atoms with Gasteiger partial charge in [0.05, 0.1) is 5.54 Å². The van der Waals surface area contributed by atoms with Crippen LogP contribution in [-0.2, 0) is 4.79 Å².